The van der Waals surface area contributed by atoms with Crippen LogP contribution in [0, 0.1) is 5.92 Å². The molecule has 1 atom stereocenters. The monoisotopic (exact) mass is 276 g/mol. The number of methoxy groups -OCH3 is 1. The first-order chi connectivity index (χ1) is 9.68. The van der Waals surface area contributed by atoms with Crippen LogP contribution in [0.5, 0.6) is 0 Å². The molecule has 1 aliphatic rings. The van der Waals surface area contributed by atoms with Gasteiger partial charge in [-0.25, -0.2) is 0 Å². The largest absolute Gasteiger partial charge is 0.383 e. The highest BCUT2D eigenvalue weighted by Gasteiger charge is 2.33. The van der Waals surface area contributed by atoms with Gasteiger partial charge in [0.1, 0.15) is 0 Å². The minimum Gasteiger partial charge on any atom is -0.383 e. The van der Waals surface area contributed by atoms with Gasteiger partial charge in [-0.15, -0.1) is 0 Å². The molecule has 1 fully saturated rings. The van der Waals surface area contributed by atoms with Gasteiger partial charge in [0.2, 0.25) is 0 Å². The lowest BCUT2D eigenvalue weighted by atomic mass is 9.87. The predicted molar refractivity (Wildman–Crippen MR) is 83.8 cm³/mol. The zero-order valence-corrected chi connectivity index (χ0v) is 12.8. The topological polar surface area (TPSA) is 38.5 Å². The van der Waals surface area contributed by atoms with Crippen LogP contribution in [-0.4, -0.2) is 43.8 Å². The molecule has 0 radical (unpaired) electrons. The molecule has 2 N–H and O–H groups in total. The van der Waals surface area contributed by atoms with Gasteiger partial charge in [-0.2, -0.15) is 0 Å². The van der Waals surface area contributed by atoms with Crippen molar-refractivity contribution in [3.05, 3.63) is 35.9 Å². The van der Waals surface area contributed by atoms with Gasteiger partial charge in [-0.1, -0.05) is 30.3 Å². The highest BCUT2D eigenvalue weighted by molar-refractivity contribution is 5.15. The van der Waals surface area contributed by atoms with E-state index in [9.17, 15) is 0 Å². The molecular weight excluding hydrogens is 248 g/mol. The first kappa shape index (κ1) is 15.5. The summed E-state index contributed by atoms with van der Waals surface area (Å²) in [4.78, 5) is 2.51. The van der Waals surface area contributed by atoms with Crippen molar-refractivity contribution in [3.8, 4) is 0 Å². The number of rotatable bonds is 6. The Hall–Kier alpha value is -0.900. The number of hydrogen-bond donors (Lipinski definition) is 1. The van der Waals surface area contributed by atoms with Gasteiger partial charge in [-0.05, 0) is 50.8 Å². The maximum Gasteiger partial charge on any atom is 0.0656 e. The smallest absolute Gasteiger partial charge is 0.0656 e. The summed E-state index contributed by atoms with van der Waals surface area (Å²) >= 11 is 0. The fourth-order valence-electron chi connectivity index (χ4n) is 3.21. The summed E-state index contributed by atoms with van der Waals surface area (Å²) in [7, 11) is 1.76. The van der Waals surface area contributed by atoms with Crippen LogP contribution in [0.2, 0.25) is 0 Å². The molecule has 1 heterocycles. The Labute approximate surface area is 123 Å². The molecule has 1 aromatic carbocycles. The van der Waals surface area contributed by atoms with Crippen molar-refractivity contribution >= 4 is 0 Å². The molecule has 0 saturated carbocycles. The SMILES string of the molecule is COCC(C)(CN)N1CCC(Cc2ccccc2)CC1. The van der Waals surface area contributed by atoms with E-state index >= 15 is 0 Å². The summed E-state index contributed by atoms with van der Waals surface area (Å²) in [6.07, 6.45) is 3.72. The van der Waals surface area contributed by atoms with Gasteiger partial charge < -0.3 is 10.5 Å². The number of ether oxygens (including phenoxy) is 1. The molecule has 112 valence electrons. The fraction of sp³-hybridized carbons (Fsp3) is 0.647. The molecule has 0 aliphatic carbocycles. The molecule has 3 heteroatoms. The van der Waals surface area contributed by atoms with Crippen molar-refractivity contribution < 1.29 is 4.74 Å². The molecule has 0 spiro atoms. The van der Waals surface area contributed by atoms with Gasteiger partial charge in [-0.3, -0.25) is 4.90 Å². The summed E-state index contributed by atoms with van der Waals surface area (Å²) < 4.78 is 5.35. The molecule has 20 heavy (non-hydrogen) atoms. The molecule has 2 rings (SSSR count). The highest BCUT2D eigenvalue weighted by atomic mass is 16.5. The minimum atomic E-state index is -0.00747. The summed E-state index contributed by atoms with van der Waals surface area (Å²) in [5.74, 6) is 0.804. The van der Waals surface area contributed by atoms with Crippen LogP contribution in [0.3, 0.4) is 0 Å². The lowest BCUT2D eigenvalue weighted by molar-refractivity contribution is 0.00637. The van der Waals surface area contributed by atoms with Crippen LogP contribution in [0.15, 0.2) is 30.3 Å². The predicted octanol–water partition coefficient (Wildman–Crippen LogP) is 2.30. The van der Waals surface area contributed by atoms with Crippen LogP contribution < -0.4 is 5.73 Å². The standard InChI is InChI=1S/C17H28N2O/c1-17(13-18,14-20-2)19-10-8-16(9-11-19)12-15-6-4-3-5-7-15/h3-7,16H,8-14,18H2,1-2H3. The third-order valence-electron chi connectivity index (χ3n) is 4.64. The van der Waals surface area contributed by atoms with E-state index < -0.39 is 0 Å². The van der Waals surface area contributed by atoms with Crippen molar-refractivity contribution in [1.82, 2.24) is 4.90 Å². The van der Waals surface area contributed by atoms with E-state index in [2.05, 4.69) is 42.2 Å². The van der Waals surface area contributed by atoms with E-state index in [1.165, 1.54) is 24.8 Å². The molecule has 1 aliphatic heterocycles. The number of benzene rings is 1. The van der Waals surface area contributed by atoms with Crippen molar-refractivity contribution in [2.24, 2.45) is 11.7 Å². The van der Waals surface area contributed by atoms with E-state index in [0.717, 1.165) is 19.0 Å². The number of nitrogens with zero attached hydrogens (tertiary/aromatic N) is 1. The first-order valence-corrected chi connectivity index (χ1v) is 7.66. The summed E-state index contributed by atoms with van der Waals surface area (Å²) in [6.45, 7) is 5.86. The second-order valence-electron chi connectivity index (χ2n) is 6.25. The first-order valence-electron chi connectivity index (χ1n) is 7.66. The van der Waals surface area contributed by atoms with Gasteiger partial charge in [0.25, 0.3) is 0 Å². The van der Waals surface area contributed by atoms with Gasteiger partial charge in [0, 0.05) is 13.7 Å². The van der Waals surface area contributed by atoms with E-state index in [4.69, 9.17) is 10.5 Å². The van der Waals surface area contributed by atoms with Crippen LogP contribution in [0.4, 0.5) is 0 Å². The lowest BCUT2D eigenvalue weighted by Gasteiger charge is -2.44. The van der Waals surface area contributed by atoms with E-state index in [-0.39, 0.29) is 5.54 Å². The summed E-state index contributed by atoms with van der Waals surface area (Å²) in [5.41, 5.74) is 7.42. The maximum absolute atomic E-state index is 5.96. The molecular formula is C17H28N2O. The minimum absolute atomic E-state index is 0.00747. The molecule has 1 unspecified atom stereocenters. The average molecular weight is 276 g/mol. The maximum atomic E-state index is 5.96. The van der Waals surface area contributed by atoms with Crippen LogP contribution in [0.1, 0.15) is 25.3 Å². The quantitative estimate of drug-likeness (QED) is 0.866. The summed E-state index contributed by atoms with van der Waals surface area (Å²) in [5, 5.41) is 0. The van der Waals surface area contributed by atoms with Crippen LogP contribution in [0.25, 0.3) is 0 Å². The van der Waals surface area contributed by atoms with Crippen LogP contribution >= 0.6 is 0 Å². The third kappa shape index (κ3) is 3.81. The second kappa shape index (κ2) is 7.21. The molecule has 0 bridgehead atoms. The average Bonchev–Trinajstić information content (AvgIpc) is 2.49. The molecule has 3 nitrogen and oxygen atoms in total. The zero-order valence-electron chi connectivity index (χ0n) is 12.8. The number of piperidine rings is 1. The third-order valence-corrected chi connectivity index (χ3v) is 4.64. The number of hydrogen-bond acceptors (Lipinski definition) is 3. The van der Waals surface area contributed by atoms with Gasteiger partial charge >= 0.3 is 0 Å². The van der Waals surface area contributed by atoms with E-state index in [1.54, 1.807) is 7.11 Å². The van der Waals surface area contributed by atoms with Crippen molar-refractivity contribution in [2.45, 2.75) is 31.7 Å². The number of nitrogens with two attached hydrogens (primary N) is 1. The molecule has 0 aromatic heterocycles. The number of likely N-dealkylation sites (tertiary alicyclic amines) is 1. The Kier molecular flexibility index (Phi) is 5.58. The Bertz CT molecular complexity index is 387. The van der Waals surface area contributed by atoms with E-state index in [1.807, 2.05) is 0 Å². The van der Waals surface area contributed by atoms with Crippen molar-refractivity contribution in [1.29, 1.82) is 0 Å². The fourth-order valence-corrected chi connectivity index (χ4v) is 3.21. The van der Waals surface area contributed by atoms with Crippen LogP contribution in [-0.2, 0) is 11.2 Å². The molecule has 1 aromatic rings. The summed E-state index contributed by atoms with van der Waals surface area (Å²) in [6, 6.07) is 10.8. The van der Waals surface area contributed by atoms with Gasteiger partial charge in [0.05, 0.1) is 12.1 Å². The molecule has 0 amide bonds. The second-order valence-corrected chi connectivity index (χ2v) is 6.25. The lowest BCUT2D eigenvalue weighted by Crippen LogP contribution is -2.57. The van der Waals surface area contributed by atoms with Crippen molar-refractivity contribution in [3.63, 3.8) is 0 Å². The molecule has 1 saturated heterocycles. The Morgan fingerprint density at radius 2 is 1.90 bits per heavy atom. The Morgan fingerprint density at radius 3 is 2.45 bits per heavy atom. The highest BCUT2D eigenvalue weighted by Crippen LogP contribution is 2.26. The normalized spacial score (nSPS) is 20.8. The Balaban J connectivity index is 1.86. The van der Waals surface area contributed by atoms with Gasteiger partial charge in [0.15, 0.2) is 0 Å². The van der Waals surface area contributed by atoms with Crippen molar-refractivity contribution in [2.75, 3.05) is 33.4 Å². The Morgan fingerprint density at radius 1 is 1.25 bits per heavy atom. The zero-order chi connectivity index (χ0) is 14.4. The van der Waals surface area contributed by atoms with E-state index in [0.29, 0.717) is 13.2 Å².